The van der Waals surface area contributed by atoms with Crippen LogP contribution in [0.25, 0.3) is 0 Å². The summed E-state index contributed by atoms with van der Waals surface area (Å²) in [4.78, 5) is 0. The number of rotatable bonds is 8. The van der Waals surface area contributed by atoms with Gasteiger partial charge in [0.2, 0.25) is 0 Å². The van der Waals surface area contributed by atoms with Gasteiger partial charge in [0.05, 0.1) is 0 Å². The molecule has 0 saturated heterocycles. The molecule has 0 aliphatic carbocycles. The Kier molecular flexibility index (Phi) is 7.43. The van der Waals surface area contributed by atoms with Crippen molar-refractivity contribution in [1.29, 1.82) is 0 Å². The van der Waals surface area contributed by atoms with Gasteiger partial charge in [0.25, 0.3) is 0 Å². The molecule has 0 heterocycles. The van der Waals surface area contributed by atoms with E-state index >= 15 is 0 Å². The Labute approximate surface area is 141 Å². The van der Waals surface area contributed by atoms with Crippen molar-refractivity contribution in [2.45, 2.75) is 46.9 Å². The van der Waals surface area contributed by atoms with Crippen LogP contribution in [0.5, 0.6) is 0 Å². The van der Waals surface area contributed by atoms with Gasteiger partial charge < -0.3 is 0 Å². The van der Waals surface area contributed by atoms with Crippen LogP contribution in [-0.2, 0) is 12.8 Å². The minimum absolute atomic E-state index is 0.457. The van der Waals surface area contributed by atoms with Crippen molar-refractivity contribution in [3.63, 3.8) is 0 Å². The second-order valence-electron chi connectivity index (χ2n) is 6.20. The molecule has 0 fully saturated rings. The third-order valence-electron chi connectivity index (χ3n) is 4.12. The van der Waals surface area contributed by atoms with E-state index in [1.165, 1.54) is 36.8 Å². The van der Waals surface area contributed by atoms with Crippen LogP contribution in [0, 0.1) is 0 Å². The molecule has 2 aromatic rings. The van der Waals surface area contributed by atoms with Crippen molar-refractivity contribution >= 4 is 22.9 Å². The topological polar surface area (TPSA) is 0 Å². The summed E-state index contributed by atoms with van der Waals surface area (Å²) in [5.41, 5.74) is 3.01. The Morgan fingerprint density at radius 1 is 0.667 bits per heavy atom. The fraction of sp³-hybridized carbons (Fsp3) is 0.400. The van der Waals surface area contributed by atoms with Crippen LogP contribution in [0.2, 0.25) is 7.35 Å². The molecule has 0 aliphatic rings. The molecule has 0 amide bonds. The summed E-state index contributed by atoms with van der Waals surface area (Å²) in [7, 11) is 0. The average molecular weight is 381 g/mol. The van der Waals surface area contributed by atoms with E-state index in [0.717, 1.165) is 7.35 Å². The molecule has 2 rings (SSSR count). The molecule has 0 aliphatic heterocycles. The Morgan fingerprint density at radius 2 is 1.05 bits per heavy atom. The molecule has 2 unspecified atom stereocenters. The van der Waals surface area contributed by atoms with Gasteiger partial charge in [-0.25, -0.2) is 0 Å². The zero-order chi connectivity index (χ0) is 14.9. The van der Waals surface area contributed by atoms with Gasteiger partial charge in [0.1, 0.15) is 0 Å². The molecule has 2 aromatic carbocycles. The van der Waals surface area contributed by atoms with Crippen molar-refractivity contribution in [1.82, 2.24) is 0 Å². The first kappa shape index (κ1) is 16.7. The van der Waals surface area contributed by atoms with Gasteiger partial charge in [0.15, 0.2) is 0 Å². The van der Waals surface area contributed by atoms with E-state index in [1.807, 2.05) is 0 Å². The Balaban J connectivity index is 1.66. The third-order valence-corrected chi connectivity index (χ3v) is 9.77. The SMILES string of the molecule is C[CH](CCc1ccccc1)[In][CH](C)CCc1ccccc1. The summed E-state index contributed by atoms with van der Waals surface area (Å²) in [6, 6.07) is 21.9. The van der Waals surface area contributed by atoms with Crippen molar-refractivity contribution < 1.29 is 0 Å². The predicted molar refractivity (Wildman–Crippen MR) is 94.1 cm³/mol. The standard InChI is InChI=1S/2C10H13.In/c2*1-2-3-7-10-8-5-4-6-9-10;/h2*2,4-6,8-9H,3,7H2,1H3;. The van der Waals surface area contributed by atoms with E-state index in [9.17, 15) is 0 Å². The van der Waals surface area contributed by atoms with E-state index in [0.29, 0.717) is 0 Å². The molecule has 0 bridgehead atoms. The molecule has 0 saturated carbocycles. The van der Waals surface area contributed by atoms with Crippen LogP contribution in [-0.4, -0.2) is 22.9 Å². The van der Waals surface area contributed by atoms with Crippen LogP contribution < -0.4 is 0 Å². The summed E-state index contributed by atoms with van der Waals surface area (Å²) in [6.45, 7) is 4.98. The summed E-state index contributed by atoms with van der Waals surface area (Å²) in [6.07, 6.45) is 5.31. The van der Waals surface area contributed by atoms with Gasteiger partial charge in [-0.3, -0.25) is 0 Å². The Morgan fingerprint density at radius 3 is 1.43 bits per heavy atom. The molecule has 0 N–H and O–H groups in total. The zero-order valence-corrected chi connectivity index (χ0v) is 16.6. The molecule has 0 spiro atoms. The second kappa shape index (κ2) is 9.35. The summed E-state index contributed by atoms with van der Waals surface area (Å²) in [5.74, 6) is 0. The van der Waals surface area contributed by atoms with E-state index in [4.69, 9.17) is 0 Å². The quantitative estimate of drug-likeness (QED) is 0.561. The van der Waals surface area contributed by atoms with Gasteiger partial charge in [-0.2, -0.15) is 0 Å². The van der Waals surface area contributed by atoms with Crippen molar-refractivity contribution in [2.75, 3.05) is 0 Å². The van der Waals surface area contributed by atoms with Crippen LogP contribution in [0.15, 0.2) is 60.7 Å². The fourth-order valence-electron chi connectivity index (χ4n) is 2.83. The van der Waals surface area contributed by atoms with Crippen molar-refractivity contribution in [3.05, 3.63) is 71.8 Å². The van der Waals surface area contributed by atoms with Gasteiger partial charge >= 0.3 is 142 Å². The first-order chi connectivity index (χ1) is 10.2. The first-order valence-electron chi connectivity index (χ1n) is 8.17. The summed E-state index contributed by atoms with van der Waals surface area (Å²) >= 11 is -0.457. The number of hydrogen-bond acceptors (Lipinski definition) is 0. The van der Waals surface area contributed by atoms with Gasteiger partial charge in [-0.1, -0.05) is 0 Å². The van der Waals surface area contributed by atoms with E-state index < -0.39 is 22.9 Å². The monoisotopic (exact) mass is 381 g/mol. The molecular formula is C20H26In. The number of hydrogen-bond donors (Lipinski definition) is 0. The molecule has 21 heavy (non-hydrogen) atoms. The molecule has 1 radical (unpaired) electrons. The van der Waals surface area contributed by atoms with E-state index in [-0.39, 0.29) is 0 Å². The molecule has 0 aromatic heterocycles. The molecule has 1 heteroatoms. The summed E-state index contributed by atoms with van der Waals surface area (Å²) < 4.78 is 2.01. The number of benzene rings is 2. The Bertz CT molecular complexity index is 444. The van der Waals surface area contributed by atoms with Crippen molar-refractivity contribution in [2.24, 2.45) is 0 Å². The Hall–Kier alpha value is -0.690. The number of aryl methyl sites for hydroxylation is 2. The van der Waals surface area contributed by atoms with Gasteiger partial charge in [-0.05, 0) is 0 Å². The normalized spacial score (nSPS) is 13.6. The van der Waals surface area contributed by atoms with Crippen LogP contribution in [0.3, 0.4) is 0 Å². The van der Waals surface area contributed by atoms with Gasteiger partial charge in [-0.15, -0.1) is 0 Å². The van der Waals surface area contributed by atoms with Crippen LogP contribution >= 0.6 is 0 Å². The van der Waals surface area contributed by atoms with Crippen molar-refractivity contribution in [3.8, 4) is 0 Å². The fourth-order valence-corrected chi connectivity index (χ4v) is 8.08. The molecule has 2 atom stereocenters. The zero-order valence-electron chi connectivity index (χ0n) is 13.3. The predicted octanol–water partition coefficient (Wildman–Crippen LogP) is 5.57. The second-order valence-corrected chi connectivity index (χ2v) is 13.8. The first-order valence-corrected chi connectivity index (χ1v) is 12.0. The third kappa shape index (κ3) is 6.74. The molecule has 109 valence electrons. The maximum atomic E-state index is 2.49. The maximum absolute atomic E-state index is 2.49. The molecular weight excluding hydrogens is 355 g/mol. The van der Waals surface area contributed by atoms with Crippen LogP contribution in [0.4, 0.5) is 0 Å². The molecule has 0 nitrogen and oxygen atoms in total. The van der Waals surface area contributed by atoms with E-state index in [1.54, 1.807) is 0 Å². The van der Waals surface area contributed by atoms with Gasteiger partial charge in [0, 0.05) is 0 Å². The minimum atomic E-state index is -0.457. The average Bonchev–Trinajstić information content (AvgIpc) is 2.53. The summed E-state index contributed by atoms with van der Waals surface area (Å²) in [5, 5.41) is 0. The van der Waals surface area contributed by atoms with Crippen LogP contribution in [0.1, 0.15) is 37.8 Å². The van der Waals surface area contributed by atoms with E-state index in [2.05, 4.69) is 74.5 Å².